The Morgan fingerprint density at radius 1 is 1.42 bits per heavy atom. The molecule has 0 fully saturated rings. The third kappa shape index (κ3) is 1.38. The van der Waals surface area contributed by atoms with E-state index in [2.05, 4.69) is 12.6 Å². The van der Waals surface area contributed by atoms with Crippen LogP contribution < -0.4 is 0 Å². The highest BCUT2D eigenvalue weighted by molar-refractivity contribution is 7.80. The Kier molecular flexibility index (Phi) is 2.27. The summed E-state index contributed by atoms with van der Waals surface area (Å²) in [6.45, 7) is 0. The van der Waals surface area contributed by atoms with Gasteiger partial charge in [-0.05, 0) is 6.07 Å². The van der Waals surface area contributed by atoms with Crippen LogP contribution in [0.4, 0.5) is 14.5 Å². The second-order valence-electron chi connectivity index (χ2n) is 1.99. The molecule has 0 heterocycles. The third-order valence-electron chi connectivity index (χ3n) is 1.24. The fourth-order valence-corrected chi connectivity index (χ4v) is 0.940. The van der Waals surface area contributed by atoms with Gasteiger partial charge in [0, 0.05) is 6.07 Å². The number of hydrogen-bond donors (Lipinski definition) is 1. The van der Waals surface area contributed by atoms with Gasteiger partial charge in [0.05, 0.1) is 4.92 Å². The smallest absolute Gasteiger partial charge is 0.258 e. The van der Waals surface area contributed by atoms with Crippen LogP contribution in [0.15, 0.2) is 17.0 Å². The zero-order valence-electron chi connectivity index (χ0n) is 5.62. The first-order chi connectivity index (χ1) is 5.54. The Morgan fingerprint density at radius 2 is 2.00 bits per heavy atom. The minimum Gasteiger partial charge on any atom is -0.258 e. The molecule has 0 N–H and O–H groups in total. The summed E-state index contributed by atoms with van der Waals surface area (Å²) in [7, 11) is 0. The second-order valence-corrected chi connectivity index (χ2v) is 2.43. The van der Waals surface area contributed by atoms with E-state index in [0.717, 1.165) is 6.07 Å². The summed E-state index contributed by atoms with van der Waals surface area (Å²) in [6.07, 6.45) is 0. The SMILES string of the molecule is O=[N+]([O-])c1ccc(F)c(F)c1S. The van der Waals surface area contributed by atoms with Gasteiger partial charge in [-0.3, -0.25) is 10.1 Å². The number of nitro groups is 1. The third-order valence-corrected chi connectivity index (χ3v) is 1.67. The average molecular weight is 191 g/mol. The normalized spacial score (nSPS) is 9.92. The standard InChI is InChI=1S/C6H3F2NO2S/c7-3-1-2-4(9(10)11)6(12)5(3)8/h1-2,12H. The lowest BCUT2D eigenvalue weighted by atomic mass is 10.3. The molecule has 12 heavy (non-hydrogen) atoms. The topological polar surface area (TPSA) is 43.1 Å². The van der Waals surface area contributed by atoms with E-state index in [0.29, 0.717) is 6.07 Å². The number of rotatable bonds is 1. The van der Waals surface area contributed by atoms with Gasteiger partial charge in [0.2, 0.25) is 0 Å². The summed E-state index contributed by atoms with van der Waals surface area (Å²) in [5.41, 5.74) is -0.544. The Bertz CT molecular complexity index is 343. The van der Waals surface area contributed by atoms with E-state index in [1.165, 1.54) is 0 Å². The predicted molar refractivity (Wildman–Crippen MR) is 40.3 cm³/mol. The minimum atomic E-state index is -1.30. The maximum atomic E-state index is 12.6. The van der Waals surface area contributed by atoms with Crippen molar-refractivity contribution in [3.63, 3.8) is 0 Å². The molecule has 0 spiro atoms. The van der Waals surface area contributed by atoms with Gasteiger partial charge in [-0.2, -0.15) is 0 Å². The molecular formula is C6H3F2NO2S. The zero-order chi connectivity index (χ0) is 9.30. The Labute approximate surface area is 71.6 Å². The van der Waals surface area contributed by atoms with E-state index in [4.69, 9.17) is 0 Å². The van der Waals surface area contributed by atoms with Gasteiger partial charge in [0.25, 0.3) is 5.69 Å². The lowest BCUT2D eigenvalue weighted by molar-refractivity contribution is -0.388. The van der Waals surface area contributed by atoms with Crippen LogP contribution in [0.5, 0.6) is 0 Å². The van der Waals surface area contributed by atoms with E-state index in [9.17, 15) is 18.9 Å². The van der Waals surface area contributed by atoms with Crippen molar-refractivity contribution in [2.75, 3.05) is 0 Å². The van der Waals surface area contributed by atoms with Crippen LogP contribution in [0.2, 0.25) is 0 Å². The zero-order valence-corrected chi connectivity index (χ0v) is 6.52. The number of halogens is 2. The van der Waals surface area contributed by atoms with E-state index in [1.807, 2.05) is 0 Å². The fourth-order valence-electron chi connectivity index (χ4n) is 0.677. The van der Waals surface area contributed by atoms with Crippen molar-refractivity contribution in [2.45, 2.75) is 4.90 Å². The van der Waals surface area contributed by atoms with Crippen LogP contribution in [-0.2, 0) is 0 Å². The monoisotopic (exact) mass is 191 g/mol. The summed E-state index contributed by atoms with van der Waals surface area (Å²) in [4.78, 5) is 8.74. The first-order valence-electron chi connectivity index (χ1n) is 2.85. The predicted octanol–water partition coefficient (Wildman–Crippen LogP) is 2.16. The molecule has 0 atom stereocenters. The van der Waals surface area contributed by atoms with Crippen molar-refractivity contribution in [1.29, 1.82) is 0 Å². The van der Waals surface area contributed by atoms with Gasteiger partial charge in [-0.1, -0.05) is 0 Å². The van der Waals surface area contributed by atoms with Crippen LogP contribution in [-0.4, -0.2) is 4.92 Å². The first-order valence-corrected chi connectivity index (χ1v) is 3.30. The molecule has 1 rings (SSSR count). The number of hydrogen-bond acceptors (Lipinski definition) is 3. The van der Waals surface area contributed by atoms with Crippen LogP contribution in [0.1, 0.15) is 0 Å². The molecule has 0 aliphatic heterocycles. The molecule has 6 heteroatoms. The molecule has 64 valence electrons. The summed E-state index contributed by atoms with van der Waals surface area (Å²) < 4.78 is 25.0. The largest absolute Gasteiger partial charge is 0.285 e. The van der Waals surface area contributed by atoms with Crippen LogP contribution >= 0.6 is 12.6 Å². The van der Waals surface area contributed by atoms with Gasteiger partial charge in [0.15, 0.2) is 11.6 Å². The van der Waals surface area contributed by atoms with Gasteiger partial charge in [0.1, 0.15) is 4.90 Å². The quantitative estimate of drug-likeness (QED) is 0.420. The molecule has 0 saturated carbocycles. The van der Waals surface area contributed by atoms with E-state index < -0.39 is 27.1 Å². The van der Waals surface area contributed by atoms with Gasteiger partial charge in [-0.15, -0.1) is 12.6 Å². The molecule has 0 amide bonds. The molecule has 1 aromatic carbocycles. The minimum absolute atomic E-state index is 0.544. The molecule has 0 aromatic heterocycles. The maximum Gasteiger partial charge on any atom is 0.285 e. The van der Waals surface area contributed by atoms with Gasteiger partial charge >= 0.3 is 0 Å². The number of nitrogens with zero attached hydrogens (tertiary/aromatic N) is 1. The van der Waals surface area contributed by atoms with E-state index >= 15 is 0 Å². The number of nitro benzene ring substituents is 1. The second kappa shape index (κ2) is 3.06. The molecule has 0 radical (unpaired) electrons. The molecule has 0 bridgehead atoms. The Morgan fingerprint density at radius 3 is 2.50 bits per heavy atom. The molecule has 0 saturated heterocycles. The Balaban J connectivity index is 3.36. The summed E-state index contributed by atoms with van der Waals surface area (Å²) in [6, 6.07) is 1.55. The van der Waals surface area contributed by atoms with Gasteiger partial charge in [-0.25, -0.2) is 8.78 Å². The highest BCUT2D eigenvalue weighted by atomic mass is 32.1. The van der Waals surface area contributed by atoms with Gasteiger partial charge < -0.3 is 0 Å². The van der Waals surface area contributed by atoms with Crippen molar-refractivity contribution in [3.05, 3.63) is 33.9 Å². The van der Waals surface area contributed by atoms with Crippen molar-refractivity contribution >= 4 is 18.3 Å². The van der Waals surface area contributed by atoms with Crippen LogP contribution in [0, 0.1) is 21.7 Å². The highest BCUT2D eigenvalue weighted by Gasteiger charge is 2.17. The van der Waals surface area contributed by atoms with E-state index in [-0.39, 0.29) is 0 Å². The highest BCUT2D eigenvalue weighted by Crippen LogP contribution is 2.26. The first kappa shape index (κ1) is 8.92. The molecule has 1 aromatic rings. The fraction of sp³-hybridized carbons (Fsp3) is 0. The number of thiol groups is 1. The molecular weight excluding hydrogens is 188 g/mol. The lowest BCUT2D eigenvalue weighted by Gasteiger charge is -1.97. The molecule has 0 aliphatic rings. The van der Waals surface area contributed by atoms with Crippen molar-refractivity contribution in [3.8, 4) is 0 Å². The van der Waals surface area contributed by atoms with Crippen molar-refractivity contribution < 1.29 is 13.7 Å². The summed E-state index contributed by atoms with van der Waals surface area (Å²) >= 11 is 3.46. The molecule has 0 unspecified atom stereocenters. The van der Waals surface area contributed by atoms with Crippen LogP contribution in [0.25, 0.3) is 0 Å². The maximum absolute atomic E-state index is 12.6. The Hall–Kier alpha value is -1.17. The lowest BCUT2D eigenvalue weighted by Crippen LogP contribution is -1.94. The van der Waals surface area contributed by atoms with Crippen LogP contribution in [0.3, 0.4) is 0 Å². The van der Waals surface area contributed by atoms with Crippen molar-refractivity contribution in [1.82, 2.24) is 0 Å². The van der Waals surface area contributed by atoms with E-state index in [1.54, 1.807) is 0 Å². The van der Waals surface area contributed by atoms with Crippen molar-refractivity contribution in [2.24, 2.45) is 0 Å². The average Bonchev–Trinajstić information content (AvgIpc) is 2.00. The summed E-state index contributed by atoms with van der Waals surface area (Å²) in [5, 5.41) is 10.2. The number of benzene rings is 1. The summed E-state index contributed by atoms with van der Waals surface area (Å²) in [5.74, 6) is -2.45. The molecule has 0 aliphatic carbocycles. The molecule has 3 nitrogen and oxygen atoms in total.